The number of carbonyl (C=O) groups excluding carboxylic acids is 1. The Bertz CT molecular complexity index is 336. The van der Waals surface area contributed by atoms with Crippen LogP contribution >= 0.6 is 0 Å². The van der Waals surface area contributed by atoms with Crippen LogP contribution in [0.1, 0.15) is 59.3 Å². The topological polar surface area (TPSA) is 87.7 Å². The van der Waals surface area contributed by atoms with Gasteiger partial charge in [-0.1, -0.05) is 44.7 Å². The van der Waals surface area contributed by atoms with Crippen LogP contribution in [0.4, 0.5) is 0 Å². The maximum atomic E-state index is 12.6. The van der Waals surface area contributed by atoms with Crippen molar-refractivity contribution in [2.24, 2.45) is 22.2 Å². The maximum Gasteiger partial charge on any atom is 0.234 e. The van der Waals surface area contributed by atoms with E-state index in [-0.39, 0.29) is 17.8 Å². The summed E-state index contributed by atoms with van der Waals surface area (Å²) in [5.74, 6) is 0.383. The lowest BCUT2D eigenvalue weighted by Gasteiger charge is -2.36. The minimum Gasteiger partial charge on any atom is -0.409 e. The van der Waals surface area contributed by atoms with Crippen LogP contribution in [0.25, 0.3) is 0 Å². The summed E-state index contributed by atoms with van der Waals surface area (Å²) < 4.78 is 0. The van der Waals surface area contributed by atoms with Crippen molar-refractivity contribution in [2.75, 3.05) is 0 Å². The van der Waals surface area contributed by atoms with Crippen molar-refractivity contribution in [1.29, 1.82) is 0 Å². The van der Waals surface area contributed by atoms with Crippen molar-refractivity contribution in [1.82, 2.24) is 5.32 Å². The summed E-state index contributed by atoms with van der Waals surface area (Å²) in [6, 6.07) is 0.0998. The molecule has 2 atom stereocenters. The van der Waals surface area contributed by atoms with Crippen LogP contribution in [0.15, 0.2) is 5.16 Å². The third-order valence-corrected chi connectivity index (χ3v) is 4.60. The minimum absolute atomic E-state index is 0.0565. The van der Waals surface area contributed by atoms with E-state index < -0.39 is 5.41 Å². The highest BCUT2D eigenvalue weighted by Crippen LogP contribution is 2.37. The molecule has 0 aromatic rings. The Morgan fingerprint density at radius 3 is 2.42 bits per heavy atom. The summed E-state index contributed by atoms with van der Waals surface area (Å²) in [7, 11) is 0. The summed E-state index contributed by atoms with van der Waals surface area (Å²) in [4.78, 5) is 12.6. The van der Waals surface area contributed by atoms with E-state index in [0.717, 1.165) is 25.7 Å². The van der Waals surface area contributed by atoms with Gasteiger partial charge in [-0.3, -0.25) is 4.79 Å². The van der Waals surface area contributed by atoms with E-state index in [1.54, 1.807) is 0 Å². The van der Waals surface area contributed by atoms with Crippen molar-refractivity contribution in [3.8, 4) is 0 Å². The van der Waals surface area contributed by atoms with Crippen molar-refractivity contribution in [3.63, 3.8) is 0 Å². The normalized spacial score (nSPS) is 22.6. The Hall–Kier alpha value is -1.26. The second-order valence-corrected chi connectivity index (χ2v) is 5.78. The molecule has 0 aromatic heterocycles. The Balaban J connectivity index is 2.84. The maximum absolute atomic E-state index is 12.6. The molecule has 0 bridgehead atoms. The zero-order valence-corrected chi connectivity index (χ0v) is 12.3. The summed E-state index contributed by atoms with van der Waals surface area (Å²) in [6.45, 7) is 6.23. The van der Waals surface area contributed by atoms with E-state index in [0.29, 0.717) is 18.8 Å². The Morgan fingerprint density at radius 2 is 1.95 bits per heavy atom. The van der Waals surface area contributed by atoms with Gasteiger partial charge >= 0.3 is 0 Å². The molecule has 1 rings (SSSR count). The second-order valence-electron chi connectivity index (χ2n) is 5.78. The molecule has 0 radical (unpaired) electrons. The number of hydrogen-bond donors (Lipinski definition) is 3. The van der Waals surface area contributed by atoms with Crippen LogP contribution in [0, 0.1) is 11.3 Å². The first-order valence-electron chi connectivity index (χ1n) is 7.27. The molecule has 1 aliphatic rings. The molecule has 0 aromatic carbocycles. The average Bonchev–Trinajstić information content (AvgIpc) is 2.45. The van der Waals surface area contributed by atoms with E-state index in [1.165, 1.54) is 0 Å². The molecular weight excluding hydrogens is 242 g/mol. The van der Waals surface area contributed by atoms with Gasteiger partial charge in [-0.05, 0) is 25.7 Å². The van der Waals surface area contributed by atoms with Crippen LogP contribution in [-0.2, 0) is 4.79 Å². The van der Waals surface area contributed by atoms with Gasteiger partial charge in [-0.15, -0.1) is 0 Å². The molecule has 0 spiro atoms. The Morgan fingerprint density at radius 1 is 1.37 bits per heavy atom. The van der Waals surface area contributed by atoms with Gasteiger partial charge in [0.1, 0.15) is 5.41 Å². The second kappa shape index (κ2) is 6.78. The van der Waals surface area contributed by atoms with Crippen molar-refractivity contribution < 1.29 is 10.0 Å². The lowest BCUT2D eigenvalue weighted by molar-refractivity contribution is -0.130. The molecule has 0 aliphatic heterocycles. The SMILES string of the molecule is CCC(C)C(C)NC(=O)C1(C(N)=NO)CCCCC1. The number of amidine groups is 1. The third-order valence-electron chi connectivity index (χ3n) is 4.60. The predicted octanol–water partition coefficient (Wildman–Crippen LogP) is 2.23. The number of nitrogens with one attached hydrogen (secondary N) is 1. The van der Waals surface area contributed by atoms with Gasteiger partial charge in [0.05, 0.1) is 0 Å². The minimum atomic E-state index is -0.811. The van der Waals surface area contributed by atoms with Gasteiger partial charge in [0.2, 0.25) is 5.91 Å². The number of carbonyl (C=O) groups is 1. The van der Waals surface area contributed by atoms with Crippen LogP contribution in [0.5, 0.6) is 0 Å². The van der Waals surface area contributed by atoms with E-state index in [1.807, 2.05) is 6.92 Å². The summed E-state index contributed by atoms with van der Waals surface area (Å²) in [5, 5.41) is 15.1. The van der Waals surface area contributed by atoms with Crippen LogP contribution in [-0.4, -0.2) is 23.0 Å². The number of hydrogen-bond acceptors (Lipinski definition) is 3. The molecule has 2 unspecified atom stereocenters. The number of nitrogens with zero attached hydrogens (tertiary/aromatic N) is 1. The number of nitrogens with two attached hydrogens (primary N) is 1. The standard InChI is InChI=1S/C14H27N3O2/c1-4-10(2)11(3)16-13(18)14(12(15)17-19)8-6-5-7-9-14/h10-11,19H,4-9H2,1-3H3,(H2,15,17)(H,16,18). The molecule has 0 saturated heterocycles. The summed E-state index contributed by atoms with van der Waals surface area (Å²) in [6.07, 6.45) is 5.35. The Labute approximate surface area is 115 Å². The van der Waals surface area contributed by atoms with E-state index >= 15 is 0 Å². The van der Waals surface area contributed by atoms with Gasteiger partial charge in [-0.2, -0.15) is 0 Å². The smallest absolute Gasteiger partial charge is 0.234 e. The van der Waals surface area contributed by atoms with Crippen molar-refractivity contribution in [2.45, 2.75) is 65.3 Å². The third kappa shape index (κ3) is 3.39. The molecule has 4 N–H and O–H groups in total. The molecule has 110 valence electrons. The quantitative estimate of drug-likeness (QED) is 0.309. The van der Waals surface area contributed by atoms with E-state index in [2.05, 4.69) is 24.3 Å². The number of oxime groups is 1. The largest absolute Gasteiger partial charge is 0.409 e. The molecule has 5 heteroatoms. The fourth-order valence-electron chi connectivity index (χ4n) is 2.69. The predicted molar refractivity (Wildman–Crippen MR) is 76.0 cm³/mol. The molecule has 1 amide bonds. The van der Waals surface area contributed by atoms with E-state index in [4.69, 9.17) is 10.9 Å². The highest BCUT2D eigenvalue weighted by atomic mass is 16.4. The highest BCUT2D eigenvalue weighted by Gasteiger charge is 2.44. The molecule has 1 fully saturated rings. The first kappa shape index (κ1) is 15.8. The monoisotopic (exact) mass is 269 g/mol. The zero-order valence-electron chi connectivity index (χ0n) is 12.3. The zero-order chi connectivity index (χ0) is 14.5. The lowest BCUT2D eigenvalue weighted by Crippen LogP contribution is -2.53. The molecule has 1 saturated carbocycles. The van der Waals surface area contributed by atoms with Gasteiger partial charge in [0.25, 0.3) is 0 Å². The van der Waals surface area contributed by atoms with Crippen LogP contribution in [0.3, 0.4) is 0 Å². The molecular formula is C14H27N3O2. The van der Waals surface area contributed by atoms with Gasteiger partial charge in [-0.25, -0.2) is 0 Å². The summed E-state index contributed by atoms with van der Waals surface area (Å²) in [5.41, 5.74) is 5.00. The number of amides is 1. The molecule has 0 heterocycles. The van der Waals surface area contributed by atoms with Gasteiger partial charge < -0.3 is 16.3 Å². The fourth-order valence-corrected chi connectivity index (χ4v) is 2.69. The first-order chi connectivity index (χ1) is 8.97. The van der Waals surface area contributed by atoms with Crippen LogP contribution < -0.4 is 11.1 Å². The van der Waals surface area contributed by atoms with Crippen molar-refractivity contribution in [3.05, 3.63) is 0 Å². The highest BCUT2D eigenvalue weighted by molar-refractivity contribution is 6.06. The lowest BCUT2D eigenvalue weighted by atomic mass is 9.72. The molecule has 19 heavy (non-hydrogen) atoms. The number of rotatable bonds is 5. The Kier molecular flexibility index (Phi) is 5.63. The molecule has 5 nitrogen and oxygen atoms in total. The molecule has 1 aliphatic carbocycles. The average molecular weight is 269 g/mol. The fraction of sp³-hybridized carbons (Fsp3) is 0.857. The van der Waals surface area contributed by atoms with Gasteiger partial charge in [0.15, 0.2) is 5.84 Å². The summed E-state index contributed by atoms with van der Waals surface area (Å²) >= 11 is 0. The van der Waals surface area contributed by atoms with Crippen LogP contribution in [0.2, 0.25) is 0 Å². The van der Waals surface area contributed by atoms with Gasteiger partial charge in [0, 0.05) is 6.04 Å². The van der Waals surface area contributed by atoms with Crippen molar-refractivity contribution >= 4 is 11.7 Å². The first-order valence-corrected chi connectivity index (χ1v) is 7.27. The van der Waals surface area contributed by atoms with E-state index in [9.17, 15) is 4.79 Å².